The Kier molecular flexibility index (Phi) is 14.3. The van der Waals surface area contributed by atoms with Crippen molar-refractivity contribution in [2.24, 2.45) is 11.8 Å². The monoisotopic (exact) mass is 721 g/mol. The van der Waals surface area contributed by atoms with Crippen LogP contribution in [0.25, 0.3) is 0 Å². The summed E-state index contributed by atoms with van der Waals surface area (Å²) in [5, 5.41) is 67.5. The van der Waals surface area contributed by atoms with Crippen LogP contribution in [0.5, 0.6) is 0 Å². The van der Waals surface area contributed by atoms with Gasteiger partial charge in [-0.05, 0) is 19.9 Å². The van der Waals surface area contributed by atoms with Gasteiger partial charge in [0.15, 0.2) is 12.1 Å². The quantitative estimate of drug-likeness (QED) is 0.155. The lowest BCUT2D eigenvalue weighted by molar-refractivity contribution is -0.308. The Balaban J connectivity index is 1.62. The van der Waals surface area contributed by atoms with Gasteiger partial charge in [-0.25, -0.2) is 4.79 Å². The van der Waals surface area contributed by atoms with Crippen LogP contribution in [-0.2, 0) is 38.1 Å². The largest absolute Gasteiger partial charge is 0.481 e. The van der Waals surface area contributed by atoms with E-state index in [9.17, 15) is 45.0 Å². The van der Waals surface area contributed by atoms with E-state index in [-0.39, 0.29) is 25.2 Å². The van der Waals surface area contributed by atoms with E-state index in [1.165, 1.54) is 26.0 Å². The number of carboxylic acids is 1. The van der Waals surface area contributed by atoms with Crippen LogP contribution >= 0.6 is 0 Å². The van der Waals surface area contributed by atoms with Crippen molar-refractivity contribution in [1.82, 2.24) is 5.32 Å². The second kappa shape index (κ2) is 18.0. The van der Waals surface area contributed by atoms with Gasteiger partial charge in [0.2, 0.25) is 5.91 Å². The molecule has 4 aliphatic rings. The predicted octanol–water partition coefficient (Wildman–Crippen LogP) is 0.543. The summed E-state index contributed by atoms with van der Waals surface area (Å²) in [5.41, 5.74) is 0. The first-order valence-corrected chi connectivity index (χ1v) is 17.2. The first-order chi connectivity index (χ1) is 24.1. The summed E-state index contributed by atoms with van der Waals surface area (Å²) in [6.07, 6.45) is 3.90. The molecule has 0 aromatic carbocycles. The van der Waals surface area contributed by atoms with E-state index >= 15 is 0 Å². The molecule has 3 fully saturated rings. The molecule has 0 aliphatic carbocycles. The van der Waals surface area contributed by atoms with Crippen molar-refractivity contribution in [3.8, 4) is 0 Å². The number of hydrogen-bond acceptors (Lipinski definition) is 13. The predicted molar refractivity (Wildman–Crippen MR) is 179 cm³/mol. The number of carbonyl (C=O) groups is 3. The maximum Gasteiger partial charge on any atom is 0.330 e. The number of carboxylic acid groups (broad SMARTS) is 1. The maximum absolute atomic E-state index is 12.4. The van der Waals surface area contributed by atoms with Crippen LogP contribution in [0.3, 0.4) is 0 Å². The smallest absolute Gasteiger partial charge is 0.330 e. The van der Waals surface area contributed by atoms with Gasteiger partial charge in [-0.2, -0.15) is 0 Å². The number of epoxide rings is 1. The molecule has 0 aromatic heterocycles. The number of cyclic esters (lactones) is 1. The number of rotatable bonds is 4. The third-order valence-corrected chi connectivity index (χ3v) is 9.43. The minimum absolute atomic E-state index is 0.0574. The van der Waals surface area contributed by atoms with Crippen molar-refractivity contribution in [2.75, 3.05) is 0 Å². The summed E-state index contributed by atoms with van der Waals surface area (Å²) in [4.78, 5) is 36.5. The van der Waals surface area contributed by atoms with Gasteiger partial charge >= 0.3 is 11.9 Å². The number of ether oxygens (including phenoxy) is 5. The number of nitrogens with one attached hydrogen (secondary N) is 1. The summed E-state index contributed by atoms with van der Waals surface area (Å²) in [7, 11) is 0. The highest BCUT2D eigenvalue weighted by molar-refractivity contribution is 5.82. The fourth-order valence-corrected chi connectivity index (χ4v) is 6.47. The number of aliphatic carboxylic acids is 1. The average Bonchev–Trinajstić information content (AvgIpc) is 3.77. The Bertz CT molecular complexity index is 1360. The average molecular weight is 722 g/mol. The Hall–Kier alpha value is -3.25. The van der Waals surface area contributed by atoms with Gasteiger partial charge in [-0.3, -0.25) is 9.59 Å². The van der Waals surface area contributed by atoms with E-state index in [2.05, 4.69) is 5.32 Å². The Labute approximate surface area is 296 Å². The minimum Gasteiger partial charge on any atom is -0.481 e. The van der Waals surface area contributed by atoms with Crippen LogP contribution in [0.15, 0.2) is 60.8 Å². The topological polar surface area (TPSA) is 234 Å². The molecule has 0 saturated carbocycles. The lowest BCUT2D eigenvalue weighted by Gasteiger charge is -2.45. The third kappa shape index (κ3) is 11.6. The van der Waals surface area contributed by atoms with Crippen molar-refractivity contribution >= 4 is 17.8 Å². The van der Waals surface area contributed by atoms with E-state index in [1.54, 1.807) is 49.5 Å². The molecule has 4 rings (SSSR count). The van der Waals surface area contributed by atoms with Crippen LogP contribution in [0.2, 0.25) is 0 Å². The van der Waals surface area contributed by atoms with Gasteiger partial charge in [0, 0.05) is 44.6 Å². The second-order valence-corrected chi connectivity index (χ2v) is 13.7. The van der Waals surface area contributed by atoms with Crippen LogP contribution in [0.1, 0.15) is 53.4 Å². The highest BCUT2D eigenvalue weighted by Gasteiger charge is 2.51. The Morgan fingerprint density at radius 2 is 1.53 bits per heavy atom. The maximum atomic E-state index is 12.4. The molecule has 15 atom stereocenters. The zero-order valence-corrected chi connectivity index (χ0v) is 29.1. The van der Waals surface area contributed by atoms with Crippen molar-refractivity contribution in [3.63, 3.8) is 0 Å². The molecule has 7 N–H and O–H groups in total. The van der Waals surface area contributed by atoms with E-state index < -0.39 is 109 Å². The van der Waals surface area contributed by atoms with Gasteiger partial charge < -0.3 is 59.6 Å². The number of carbonyl (C=O) groups excluding carboxylic acids is 2. The molecule has 2 bridgehead atoms. The Morgan fingerprint density at radius 1 is 0.863 bits per heavy atom. The number of esters is 1. The van der Waals surface area contributed by atoms with Gasteiger partial charge in [0.05, 0.1) is 42.7 Å². The van der Waals surface area contributed by atoms with Gasteiger partial charge in [0.1, 0.15) is 30.3 Å². The zero-order chi connectivity index (χ0) is 37.5. The normalized spacial score (nSPS) is 45.8. The molecule has 3 saturated heterocycles. The number of fused-ring (bicyclic) bond motifs is 3. The lowest BCUT2D eigenvalue weighted by atomic mass is 9.83. The number of aliphatic hydroxyl groups is 5. The molecule has 15 nitrogen and oxygen atoms in total. The van der Waals surface area contributed by atoms with E-state index in [4.69, 9.17) is 23.7 Å². The molecule has 284 valence electrons. The van der Waals surface area contributed by atoms with Crippen molar-refractivity contribution < 1.29 is 68.7 Å². The summed E-state index contributed by atoms with van der Waals surface area (Å²) >= 11 is 0. The second-order valence-electron chi connectivity index (χ2n) is 13.7. The Morgan fingerprint density at radius 3 is 2.20 bits per heavy atom. The van der Waals surface area contributed by atoms with E-state index in [0.29, 0.717) is 0 Å². The van der Waals surface area contributed by atoms with Crippen LogP contribution in [-0.4, -0.2) is 128 Å². The summed E-state index contributed by atoms with van der Waals surface area (Å²) in [6, 6.07) is -1.14. The molecule has 51 heavy (non-hydrogen) atoms. The molecule has 2 unspecified atom stereocenters. The van der Waals surface area contributed by atoms with Crippen LogP contribution in [0.4, 0.5) is 0 Å². The van der Waals surface area contributed by atoms with Gasteiger partial charge in [-0.1, -0.05) is 55.5 Å². The van der Waals surface area contributed by atoms with Crippen molar-refractivity contribution in [2.45, 2.75) is 133 Å². The fraction of sp³-hybridized carbons (Fsp3) is 0.639. The highest BCUT2D eigenvalue weighted by Crippen LogP contribution is 2.39. The number of aliphatic hydroxyl groups excluding tert-OH is 4. The molecule has 0 spiro atoms. The molecule has 0 aromatic rings. The first kappa shape index (κ1) is 40.5. The number of amides is 1. The molecule has 15 heteroatoms. The molecular weight excluding hydrogens is 670 g/mol. The number of hydrogen-bond donors (Lipinski definition) is 7. The summed E-state index contributed by atoms with van der Waals surface area (Å²) < 4.78 is 28.8. The van der Waals surface area contributed by atoms with Crippen LogP contribution in [0, 0.1) is 11.8 Å². The first-order valence-electron chi connectivity index (χ1n) is 17.2. The van der Waals surface area contributed by atoms with Crippen LogP contribution < -0.4 is 5.32 Å². The standard InChI is InChI=1S/C36H51NO14/c1-19-11-9-7-5-6-8-10-12-24(49-35-33(43)31(37-22(4)38)32(42)21(3)48-35)16-28-30(34(44)45)25(40)18-36(46,51-28)17-23(39)15-27-26(50-27)13-14-29(41)47-20(19)2/h5-14,19-21,23-28,30-33,35,39-40,42-43,46H,15-18H2,1-4H3,(H,37,38)(H,44,45)/b7-5+,8-6+,11-9+,12-10+,14-13+/t19?,20?,21-,23-,24-,25-,26+,27-,28-,30+,31+,32-,33+,35+,36+/m1/s1. The molecule has 0 radical (unpaired) electrons. The molecule has 1 amide bonds. The van der Waals surface area contributed by atoms with Gasteiger partial charge in [0.25, 0.3) is 0 Å². The third-order valence-electron chi connectivity index (χ3n) is 9.43. The molecule has 4 heterocycles. The molecular formula is C36H51NO14. The van der Waals surface area contributed by atoms with Gasteiger partial charge in [-0.15, -0.1) is 0 Å². The SMILES string of the molecule is CC(=O)N[C@@H]1[C@H](O)[C@H](O[C@@H]2/C=C/C=C/C=C/C=C/C(C)C(C)OC(=O)/C=C/[C@@H]3O[C@@H]3C[C@@H](O)C[C@@]3(O)C[C@@H](O)[C@H](C(=O)O)[C@@H](C2)O3)O[C@H](C)[C@H]1O. The van der Waals surface area contributed by atoms with E-state index in [0.717, 1.165) is 0 Å². The lowest BCUT2D eigenvalue weighted by Crippen LogP contribution is -2.64. The van der Waals surface area contributed by atoms with Crippen molar-refractivity contribution in [3.05, 3.63) is 60.8 Å². The van der Waals surface area contributed by atoms with Crippen molar-refractivity contribution in [1.29, 1.82) is 0 Å². The summed E-state index contributed by atoms with van der Waals surface area (Å²) in [5.74, 6) is -6.15. The minimum atomic E-state index is -2.14. The fourth-order valence-electron chi connectivity index (χ4n) is 6.47. The molecule has 4 aliphatic heterocycles. The number of allylic oxidation sites excluding steroid dienone is 6. The van der Waals surface area contributed by atoms with E-state index in [1.807, 2.05) is 13.0 Å². The summed E-state index contributed by atoms with van der Waals surface area (Å²) in [6.45, 7) is 6.45. The highest BCUT2D eigenvalue weighted by atomic mass is 16.7. The zero-order valence-electron chi connectivity index (χ0n) is 29.1.